The minimum atomic E-state index is -4.95. The molecule has 0 aliphatic carbocycles. The Morgan fingerprint density at radius 1 is 0.318 bits per heavy atom. The van der Waals surface area contributed by atoms with Crippen LogP contribution < -0.4 is 0 Å². The lowest BCUT2D eigenvalue weighted by atomic mass is 9.99. The molecule has 0 amide bonds. The molecule has 0 fully saturated rings. The molecule has 3 N–H and O–H groups in total. The van der Waals surface area contributed by atoms with Crippen molar-refractivity contribution in [1.29, 1.82) is 0 Å². The summed E-state index contributed by atoms with van der Waals surface area (Å²) in [5.74, 6) is 0.890. The zero-order valence-electron chi connectivity index (χ0n) is 57.3. The van der Waals surface area contributed by atoms with E-state index in [2.05, 4.69) is 55.4 Å². The third-order valence-corrected chi connectivity index (χ3v) is 18.4. The maximum atomic E-state index is 13.0. The van der Waals surface area contributed by atoms with Crippen LogP contribution in [0, 0.1) is 23.7 Å². The molecule has 0 aliphatic rings. The molecular weight excluding hydrogens is 1160 g/mol. The molecule has 0 aliphatic heterocycles. The van der Waals surface area contributed by atoms with Crippen LogP contribution in [0.1, 0.15) is 338 Å². The van der Waals surface area contributed by atoms with Gasteiger partial charge >= 0.3 is 39.5 Å². The van der Waals surface area contributed by atoms with E-state index in [1.165, 1.54) is 141 Å². The van der Waals surface area contributed by atoms with E-state index in [1.54, 1.807) is 0 Å². The molecule has 522 valence electrons. The van der Waals surface area contributed by atoms with Gasteiger partial charge in [-0.15, -0.1) is 0 Å². The second-order valence-corrected chi connectivity index (χ2v) is 29.3. The van der Waals surface area contributed by atoms with Crippen LogP contribution >= 0.6 is 15.6 Å². The van der Waals surface area contributed by atoms with E-state index in [1.807, 2.05) is 0 Å². The average molecular weight is 1300 g/mol. The molecule has 19 heteroatoms. The Labute approximate surface area is 537 Å². The number of aliphatic hydroxyl groups is 1. The maximum Gasteiger partial charge on any atom is 0.472 e. The first-order valence-electron chi connectivity index (χ1n) is 35.8. The number of phosphoric acid groups is 2. The second kappa shape index (κ2) is 58.8. The lowest BCUT2D eigenvalue weighted by Gasteiger charge is -2.21. The summed E-state index contributed by atoms with van der Waals surface area (Å²) in [5.41, 5.74) is 0. The number of rotatable bonds is 66. The highest BCUT2D eigenvalue weighted by Gasteiger charge is 2.30. The molecule has 0 aromatic heterocycles. The van der Waals surface area contributed by atoms with Crippen molar-refractivity contribution in [3.8, 4) is 0 Å². The van der Waals surface area contributed by atoms with Gasteiger partial charge in [0.15, 0.2) is 12.2 Å². The number of hydrogen-bond donors (Lipinski definition) is 3. The highest BCUT2D eigenvalue weighted by molar-refractivity contribution is 7.47. The summed E-state index contributed by atoms with van der Waals surface area (Å²) >= 11 is 0. The number of ether oxygens (including phenoxy) is 4. The van der Waals surface area contributed by atoms with E-state index in [9.17, 15) is 43.2 Å². The molecule has 0 radical (unpaired) electrons. The van der Waals surface area contributed by atoms with Crippen molar-refractivity contribution in [2.24, 2.45) is 23.7 Å². The standard InChI is InChI=1S/C69H134O17P2/c1-9-61(7)47-39-31-23-13-11-12-14-25-33-41-49-66(71)79-55-64(86-69(74)52-44-36-28-20-17-24-32-40-48-62(8)10-2)57-83-87(75,76)81-53-63(70)54-82-88(77,78)84-58-65(85-68(73)51-43-35-27-19-16-22-30-38-46-60(5)6)56-80-67(72)50-42-34-26-18-15-21-29-37-45-59(3)4/h59-65,70H,9-58H2,1-8H3,(H,75,76)(H,77,78)/t61?,62?,63?,64-,65-/m1/s1. The van der Waals surface area contributed by atoms with Gasteiger partial charge in [0.1, 0.15) is 19.3 Å². The summed E-state index contributed by atoms with van der Waals surface area (Å²) in [6.45, 7) is 14.1. The van der Waals surface area contributed by atoms with Crippen LogP contribution in [0.5, 0.6) is 0 Å². The minimum Gasteiger partial charge on any atom is -0.462 e. The lowest BCUT2D eigenvalue weighted by molar-refractivity contribution is -0.161. The Kier molecular flexibility index (Phi) is 57.6. The van der Waals surface area contributed by atoms with Crippen molar-refractivity contribution < 1.29 is 80.2 Å². The normalized spacial score (nSPS) is 14.9. The van der Waals surface area contributed by atoms with E-state index < -0.39 is 97.5 Å². The van der Waals surface area contributed by atoms with Gasteiger partial charge in [0.2, 0.25) is 0 Å². The van der Waals surface area contributed by atoms with Gasteiger partial charge in [-0.1, -0.05) is 287 Å². The molecular formula is C69H134O17P2. The molecule has 7 atom stereocenters. The predicted molar refractivity (Wildman–Crippen MR) is 354 cm³/mol. The van der Waals surface area contributed by atoms with Crippen LogP contribution in [0.3, 0.4) is 0 Å². The number of phosphoric ester groups is 2. The Bertz CT molecular complexity index is 1750. The summed E-state index contributed by atoms with van der Waals surface area (Å²) in [4.78, 5) is 72.5. The molecule has 0 rings (SSSR count). The largest absolute Gasteiger partial charge is 0.472 e. The third kappa shape index (κ3) is 60.3. The first kappa shape index (κ1) is 86.1. The number of carbonyl (C=O) groups excluding carboxylic acids is 4. The minimum absolute atomic E-state index is 0.103. The number of esters is 4. The Hall–Kier alpha value is -1.94. The van der Waals surface area contributed by atoms with Gasteiger partial charge in [0.25, 0.3) is 0 Å². The highest BCUT2D eigenvalue weighted by atomic mass is 31.2. The van der Waals surface area contributed by atoms with Crippen LogP contribution in [-0.2, 0) is 65.4 Å². The monoisotopic (exact) mass is 1300 g/mol. The van der Waals surface area contributed by atoms with E-state index in [4.69, 9.17) is 37.0 Å². The molecule has 0 bridgehead atoms. The van der Waals surface area contributed by atoms with Crippen molar-refractivity contribution in [3.05, 3.63) is 0 Å². The van der Waals surface area contributed by atoms with Crippen molar-refractivity contribution in [3.63, 3.8) is 0 Å². The zero-order valence-corrected chi connectivity index (χ0v) is 59.1. The van der Waals surface area contributed by atoms with Crippen LogP contribution in [-0.4, -0.2) is 96.7 Å². The van der Waals surface area contributed by atoms with Crippen LogP contribution in [0.15, 0.2) is 0 Å². The Morgan fingerprint density at radius 2 is 0.545 bits per heavy atom. The summed E-state index contributed by atoms with van der Waals surface area (Å²) in [6, 6.07) is 0. The second-order valence-electron chi connectivity index (χ2n) is 26.4. The van der Waals surface area contributed by atoms with Gasteiger partial charge in [-0.25, -0.2) is 9.13 Å². The Morgan fingerprint density at radius 3 is 0.807 bits per heavy atom. The van der Waals surface area contributed by atoms with Gasteiger partial charge in [0, 0.05) is 25.7 Å². The Balaban J connectivity index is 5.27. The zero-order chi connectivity index (χ0) is 65.4. The highest BCUT2D eigenvalue weighted by Crippen LogP contribution is 2.45. The fraction of sp³-hybridized carbons (Fsp3) is 0.942. The molecule has 0 aromatic rings. The van der Waals surface area contributed by atoms with Crippen molar-refractivity contribution in [2.75, 3.05) is 39.6 Å². The van der Waals surface area contributed by atoms with Crippen molar-refractivity contribution in [2.45, 2.75) is 356 Å². The van der Waals surface area contributed by atoms with Crippen LogP contribution in [0.25, 0.3) is 0 Å². The van der Waals surface area contributed by atoms with Crippen molar-refractivity contribution in [1.82, 2.24) is 0 Å². The lowest BCUT2D eigenvalue weighted by Crippen LogP contribution is -2.30. The number of aliphatic hydroxyl groups excluding tert-OH is 1. The predicted octanol–water partition coefficient (Wildman–Crippen LogP) is 19.3. The topological polar surface area (TPSA) is 237 Å². The van der Waals surface area contributed by atoms with Gasteiger partial charge < -0.3 is 33.8 Å². The van der Waals surface area contributed by atoms with E-state index in [0.717, 1.165) is 114 Å². The molecule has 17 nitrogen and oxygen atoms in total. The van der Waals surface area contributed by atoms with Gasteiger partial charge in [-0.3, -0.25) is 37.3 Å². The number of hydrogen-bond acceptors (Lipinski definition) is 15. The molecule has 0 spiro atoms. The first-order chi connectivity index (χ1) is 42.2. The number of carbonyl (C=O) groups is 4. The van der Waals surface area contributed by atoms with Gasteiger partial charge in [0.05, 0.1) is 26.4 Å². The third-order valence-electron chi connectivity index (χ3n) is 16.5. The molecule has 0 aromatic carbocycles. The molecule has 0 saturated carbocycles. The fourth-order valence-corrected chi connectivity index (χ4v) is 11.8. The maximum absolute atomic E-state index is 13.0. The van der Waals surface area contributed by atoms with Crippen molar-refractivity contribution >= 4 is 39.5 Å². The summed E-state index contributed by atoms with van der Waals surface area (Å²) in [7, 11) is -9.90. The molecule has 0 saturated heterocycles. The summed E-state index contributed by atoms with van der Waals surface area (Å²) in [6.07, 6.45) is 40.2. The first-order valence-corrected chi connectivity index (χ1v) is 38.8. The average Bonchev–Trinajstić information content (AvgIpc) is 3.57. The molecule has 0 heterocycles. The molecule has 5 unspecified atom stereocenters. The molecule has 88 heavy (non-hydrogen) atoms. The summed E-state index contributed by atoms with van der Waals surface area (Å²) in [5, 5.41) is 10.6. The van der Waals surface area contributed by atoms with Gasteiger partial charge in [-0.2, -0.15) is 0 Å². The number of unbranched alkanes of at least 4 members (excludes halogenated alkanes) is 30. The fourth-order valence-electron chi connectivity index (χ4n) is 10.2. The van der Waals surface area contributed by atoms with E-state index in [0.29, 0.717) is 25.7 Å². The smallest absolute Gasteiger partial charge is 0.462 e. The summed E-state index contributed by atoms with van der Waals surface area (Å²) < 4.78 is 68.2. The van der Waals surface area contributed by atoms with Crippen LogP contribution in [0.4, 0.5) is 0 Å². The van der Waals surface area contributed by atoms with Gasteiger partial charge in [-0.05, 0) is 49.4 Å². The SMILES string of the molecule is CCC(C)CCCCCCCCCCCCC(=O)OC[C@H](COP(=O)(O)OCC(O)COP(=O)(O)OC[C@@H](COC(=O)CCCCCCCCCCC(C)C)OC(=O)CCCCCCCCCCC(C)C)OC(=O)CCCCCCCCCCC(C)CC. The van der Waals surface area contributed by atoms with E-state index >= 15 is 0 Å². The van der Waals surface area contributed by atoms with E-state index in [-0.39, 0.29) is 25.7 Å². The quantitative estimate of drug-likeness (QED) is 0.0222. The van der Waals surface area contributed by atoms with Crippen LogP contribution in [0.2, 0.25) is 0 Å².